The van der Waals surface area contributed by atoms with Gasteiger partial charge in [-0.15, -0.1) is 0 Å². The van der Waals surface area contributed by atoms with Crippen molar-refractivity contribution < 1.29 is 0 Å². The lowest BCUT2D eigenvalue weighted by Gasteiger charge is -2.30. The molecule has 0 amide bonds. The van der Waals surface area contributed by atoms with Crippen LogP contribution in [0.4, 0.5) is 102 Å². The number of nitrogens with zero attached hydrogens (tertiary/aromatic N) is 7. The van der Waals surface area contributed by atoms with Crippen molar-refractivity contribution in [2.45, 2.75) is 0 Å². The summed E-state index contributed by atoms with van der Waals surface area (Å²) in [5.41, 5.74) is 22.8. The molecule has 0 aromatic heterocycles. The van der Waals surface area contributed by atoms with E-state index in [9.17, 15) is 5.26 Å². The molecule has 0 aliphatic carbocycles. The van der Waals surface area contributed by atoms with Gasteiger partial charge in [-0.3, -0.25) is 0 Å². The average molecular weight is 1260 g/mol. The molecule has 0 spiro atoms. The van der Waals surface area contributed by atoms with E-state index in [0.29, 0.717) is 5.56 Å². The van der Waals surface area contributed by atoms with Crippen LogP contribution in [0.5, 0.6) is 0 Å². The maximum absolute atomic E-state index is 10.9. The Kier molecular flexibility index (Phi) is 17.6. The Hall–Kier alpha value is -13.4. The molecule has 15 rings (SSSR count). The van der Waals surface area contributed by atoms with Crippen LogP contribution < -0.4 is 29.4 Å². The summed E-state index contributed by atoms with van der Waals surface area (Å²) < 4.78 is 0. The third-order valence-electron chi connectivity index (χ3n) is 17.5. The van der Waals surface area contributed by atoms with Gasteiger partial charge in [-0.2, -0.15) is 5.26 Å². The van der Waals surface area contributed by atoms with E-state index in [-0.39, 0.29) is 0 Å². The first-order chi connectivity index (χ1) is 48.6. The van der Waals surface area contributed by atoms with Crippen molar-refractivity contribution in [2.24, 2.45) is 0 Å². The first kappa shape index (κ1) is 60.8. The molecule has 7 nitrogen and oxygen atoms in total. The third-order valence-corrected chi connectivity index (χ3v) is 17.5. The molecule has 98 heavy (non-hydrogen) atoms. The van der Waals surface area contributed by atoms with E-state index in [4.69, 9.17) is 0 Å². The van der Waals surface area contributed by atoms with Gasteiger partial charge in [-0.25, -0.2) is 0 Å². The minimum atomic E-state index is 0.560. The van der Waals surface area contributed by atoms with Crippen molar-refractivity contribution >= 4 is 102 Å². The highest BCUT2D eigenvalue weighted by atomic mass is 15.2. The van der Waals surface area contributed by atoms with Gasteiger partial charge >= 0.3 is 0 Å². The fourth-order valence-corrected chi connectivity index (χ4v) is 13.0. The number of hydrogen-bond acceptors (Lipinski definition) is 7. The van der Waals surface area contributed by atoms with Crippen molar-refractivity contribution in [3.05, 3.63) is 412 Å². The molecule has 0 atom stereocenters. The first-order valence-electron chi connectivity index (χ1n) is 32.9. The molecule has 0 N–H and O–H groups in total. The van der Waals surface area contributed by atoms with Crippen molar-refractivity contribution in [3.63, 3.8) is 0 Å². The van der Waals surface area contributed by atoms with Crippen molar-refractivity contribution in [1.29, 1.82) is 5.26 Å². The highest BCUT2D eigenvalue weighted by Crippen LogP contribution is 2.46. The molecule has 0 fully saturated rings. The van der Waals surface area contributed by atoms with Crippen LogP contribution in [0.1, 0.15) is 5.56 Å². The molecule has 15 aromatic carbocycles. The molecular weight excluding hydrogens is 1190 g/mol. The summed E-state index contributed by atoms with van der Waals surface area (Å²) in [4.78, 5) is 13.8. The number of benzene rings is 15. The second-order valence-corrected chi connectivity index (χ2v) is 23.8. The number of para-hydroxylation sites is 8. The van der Waals surface area contributed by atoms with E-state index in [2.05, 4.69) is 430 Å². The number of hydrogen-bond donors (Lipinski definition) is 0. The molecule has 7 heteroatoms. The average Bonchev–Trinajstić information content (AvgIpc) is 0.793. The van der Waals surface area contributed by atoms with Crippen LogP contribution in [0.3, 0.4) is 0 Å². The molecule has 0 saturated heterocycles. The van der Waals surface area contributed by atoms with E-state index >= 15 is 0 Å². The van der Waals surface area contributed by atoms with Crippen LogP contribution in [0.25, 0.3) is 22.3 Å². The highest BCUT2D eigenvalue weighted by Gasteiger charge is 2.22. The zero-order chi connectivity index (χ0) is 65.8. The van der Waals surface area contributed by atoms with Crippen LogP contribution in [-0.4, -0.2) is 0 Å². The zero-order valence-corrected chi connectivity index (χ0v) is 53.8. The summed E-state index contributed by atoms with van der Waals surface area (Å²) in [7, 11) is 0. The Bertz CT molecular complexity index is 4390. The summed E-state index contributed by atoms with van der Waals surface area (Å²) in [5, 5.41) is 10.9. The maximum atomic E-state index is 10.9. The summed E-state index contributed by atoms with van der Waals surface area (Å²) in [6, 6.07) is 145. The number of nitriles is 1. The molecule has 0 radical (unpaired) electrons. The van der Waals surface area contributed by atoms with Crippen molar-refractivity contribution in [1.82, 2.24) is 0 Å². The summed E-state index contributed by atoms with van der Waals surface area (Å²) >= 11 is 0. The van der Waals surface area contributed by atoms with E-state index in [0.717, 1.165) is 125 Å². The van der Waals surface area contributed by atoms with Gasteiger partial charge in [0, 0.05) is 102 Å². The molecule has 0 heterocycles. The number of anilines is 18. The SMILES string of the molecule is N#Cc1cc(-c2cccc(N(c3ccc(N(c4ccccc4)c4ccccc4)cc3)c3ccc(N(c4ccccc4)c4ccccc4)cc3)c2)cc(-c2cccc(N(c3ccc(N(c4ccccc4)c4ccccc4)cc3)c3ccc(N(c4ccccc4)c4ccccc4)cc3)c2)c1. The predicted octanol–water partition coefficient (Wildman–Crippen LogP) is 25.7. The van der Waals surface area contributed by atoms with E-state index < -0.39 is 0 Å². The molecule has 0 aliphatic rings. The minimum Gasteiger partial charge on any atom is -0.311 e. The van der Waals surface area contributed by atoms with Crippen LogP contribution in [0, 0.1) is 11.3 Å². The summed E-state index contributed by atoms with van der Waals surface area (Å²) in [5.74, 6) is 0. The van der Waals surface area contributed by atoms with Gasteiger partial charge in [0.2, 0.25) is 0 Å². The Morgan fingerprint density at radius 3 is 0.490 bits per heavy atom. The van der Waals surface area contributed by atoms with Gasteiger partial charge < -0.3 is 29.4 Å². The van der Waals surface area contributed by atoms with Crippen LogP contribution in [0.15, 0.2) is 406 Å². The smallest absolute Gasteiger partial charge is 0.0992 e. The molecule has 0 saturated carbocycles. The quantitative estimate of drug-likeness (QED) is 0.0753. The van der Waals surface area contributed by atoms with E-state index in [1.54, 1.807) is 0 Å². The van der Waals surface area contributed by atoms with E-state index in [1.165, 1.54) is 0 Å². The normalized spacial score (nSPS) is 10.8. The largest absolute Gasteiger partial charge is 0.311 e. The molecular formula is C91H67N7. The Labute approximate surface area is 574 Å². The monoisotopic (exact) mass is 1260 g/mol. The van der Waals surface area contributed by atoms with Gasteiger partial charge in [-0.05, 0) is 259 Å². The van der Waals surface area contributed by atoms with Gasteiger partial charge in [0.25, 0.3) is 0 Å². The molecule has 15 aromatic rings. The predicted molar refractivity (Wildman–Crippen MR) is 410 cm³/mol. The highest BCUT2D eigenvalue weighted by molar-refractivity contribution is 5.89. The zero-order valence-electron chi connectivity index (χ0n) is 53.8. The topological polar surface area (TPSA) is 43.2 Å². The lowest BCUT2D eigenvalue weighted by atomic mass is 9.95. The van der Waals surface area contributed by atoms with Crippen LogP contribution in [0.2, 0.25) is 0 Å². The fraction of sp³-hybridized carbons (Fsp3) is 0. The Morgan fingerprint density at radius 2 is 0.306 bits per heavy atom. The van der Waals surface area contributed by atoms with Gasteiger partial charge in [0.1, 0.15) is 0 Å². The van der Waals surface area contributed by atoms with Crippen LogP contribution >= 0.6 is 0 Å². The molecule has 0 aliphatic heterocycles. The maximum Gasteiger partial charge on any atom is 0.0992 e. The summed E-state index contributed by atoms with van der Waals surface area (Å²) in [6.45, 7) is 0. The summed E-state index contributed by atoms with van der Waals surface area (Å²) in [6.07, 6.45) is 0. The van der Waals surface area contributed by atoms with Gasteiger partial charge in [0.05, 0.1) is 11.6 Å². The first-order valence-corrected chi connectivity index (χ1v) is 32.9. The van der Waals surface area contributed by atoms with E-state index in [1.807, 2.05) is 12.1 Å². The minimum absolute atomic E-state index is 0.560. The van der Waals surface area contributed by atoms with Gasteiger partial charge in [0.15, 0.2) is 0 Å². The second-order valence-electron chi connectivity index (χ2n) is 23.8. The number of rotatable bonds is 20. The van der Waals surface area contributed by atoms with Gasteiger partial charge in [-0.1, -0.05) is 170 Å². The van der Waals surface area contributed by atoms with Crippen LogP contribution in [-0.2, 0) is 0 Å². The lowest BCUT2D eigenvalue weighted by Crippen LogP contribution is -2.13. The lowest BCUT2D eigenvalue weighted by molar-refractivity contribution is 1.24. The standard InChI is InChI=1S/C91H67N7/c92-68-69-63-72(70-27-25-45-90(66-70)97(86-55-47-82(48-56-86)93(74-29-9-1-10-30-74)75-31-11-2-12-32-75)87-57-49-83(50-58-87)94(76-33-13-3-14-34-76)77-35-15-4-16-36-77)65-73(64-69)71-28-26-46-91(67-71)98(88-59-51-84(52-60-88)95(78-37-17-5-18-38-78)79-39-19-6-20-40-79)89-61-53-85(54-62-89)96(80-41-21-7-22-42-80)81-43-23-8-24-44-81/h1-67H. The van der Waals surface area contributed by atoms with Crippen molar-refractivity contribution in [2.75, 3.05) is 29.4 Å². The fourth-order valence-electron chi connectivity index (χ4n) is 13.0. The molecule has 0 bridgehead atoms. The Morgan fingerprint density at radius 1 is 0.143 bits per heavy atom. The van der Waals surface area contributed by atoms with Crippen molar-refractivity contribution in [3.8, 4) is 28.3 Å². The third kappa shape index (κ3) is 13.1. The second kappa shape index (κ2) is 28.4. The molecule has 466 valence electrons. The Balaban J connectivity index is 0.814. The molecule has 0 unspecified atom stereocenters.